The Kier molecular flexibility index (Phi) is 2.19. The standard InChI is InChI=1S/C12H11NO/c1-3-9-10-6-4-5-7-11(10)14-12(9)8-13-2/h3-8H,1H2,2H3. The van der Waals surface area contributed by atoms with E-state index < -0.39 is 0 Å². The number of fused-ring (bicyclic) bond motifs is 1. The molecule has 0 saturated carbocycles. The zero-order chi connectivity index (χ0) is 9.97. The maximum Gasteiger partial charge on any atom is 0.153 e. The van der Waals surface area contributed by atoms with Crippen LogP contribution in [0.1, 0.15) is 11.3 Å². The van der Waals surface area contributed by atoms with Gasteiger partial charge in [0.1, 0.15) is 5.58 Å². The van der Waals surface area contributed by atoms with Crippen LogP contribution in [0.4, 0.5) is 0 Å². The average Bonchev–Trinajstić information content (AvgIpc) is 2.55. The van der Waals surface area contributed by atoms with Crippen molar-refractivity contribution in [2.24, 2.45) is 4.99 Å². The zero-order valence-electron chi connectivity index (χ0n) is 8.03. The van der Waals surface area contributed by atoms with E-state index >= 15 is 0 Å². The molecular weight excluding hydrogens is 174 g/mol. The monoisotopic (exact) mass is 185 g/mol. The van der Waals surface area contributed by atoms with Gasteiger partial charge in [0.2, 0.25) is 0 Å². The highest BCUT2D eigenvalue weighted by molar-refractivity contribution is 5.96. The quantitative estimate of drug-likeness (QED) is 0.660. The van der Waals surface area contributed by atoms with Gasteiger partial charge in [-0.1, -0.05) is 30.9 Å². The lowest BCUT2D eigenvalue weighted by Gasteiger charge is -1.88. The lowest BCUT2D eigenvalue weighted by Crippen LogP contribution is -1.79. The Morgan fingerprint density at radius 2 is 2.14 bits per heavy atom. The normalized spacial score (nSPS) is 11.2. The minimum Gasteiger partial charge on any atom is -0.454 e. The summed E-state index contributed by atoms with van der Waals surface area (Å²) >= 11 is 0. The predicted octanol–water partition coefficient (Wildman–Crippen LogP) is 3.12. The molecule has 0 atom stereocenters. The molecule has 0 radical (unpaired) electrons. The molecule has 2 heteroatoms. The number of para-hydroxylation sites is 1. The van der Waals surface area contributed by atoms with Crippen molar-refractivity contribution in [3.63, 3.8) is 0 Å². The highest BCUT2D eigenvalue weighted by Crippen LogP contribution is 2.25. The summed E-state index contributed by atoms with van der Waals surface area (Å²) in [6.45, 7) is 3.77. The van der Waals surface area contributed by atoms with E-state index in [1.165, 1.54) is 0 Å². The molecule has 0 spiro atoms. The molecule has 0 N–H and O–H groups in total. The second kappa shape index (κ2) is 3.50. The first-order chi connectivity index (χ1) is 6.86. The van der Waals surface area contributed by atoms with E-state index in [2.05, 4.69) is 11.6 Å². The first kappa shape index (κ1) is 8.75. The van der Waals surface area contributed by atoms with Gasteiger partial charge in [-0.2, -0.15) is 0 Å². The van der Waals surface area contributed by atoms with Crippen molar-refractivity contribution >= 4 is 23.3 Å². The van der Waals surface area contributed by atoms with Crippen LogP contribution >= 0.6 is 0 Å². The first-order valence-corrected chi connectivity index (χ1v) is 4.43. The van der Waals surface area contributed by atoms with E-state index in [9.17, 15) is 0 Å². The Hall–Kier alpha value is -1.83. The molecule has 0 bridgehead atoms. The molecule has 0 saturated heterocycles. The maximum atomic E-state index is 5.61. The molecule has 0 amide bonds. The average molecular weight is 185 g/mol. The van der Waals surface area contributed by atoms with Crippen molar-refractivity contribution in [1.29, 1.82) is 0 Å². The summed E-state index contributed by atoms with van der Waals surface area (Å²) in [6, 6.07) is 7.89. The topological polar surface area (TPSA) is 25.5 Å². The molecule has 14 heavy (non-hydrogen) atoms. The molecule has 2 nitrogen and oxygen atoms in total. The number of hydrogen-bond donors (Lipinski definition) is 0. The molecule has 0 aliphatic heterocycles. The Balaban J connectivity index is 2.78. The van der Waals surface area contributed by atoms with Crippen LogP contribution in [0.3, 0.4) is 0 Å². The summed E-state index contributed by atoms with van der Waals surface area (Å²) in [4.78, 5) is 3.94. The molecule has 1 aromatic carbocycles. The fourth-order valence-electron chi connectivity index (χ4n) is 1.51. The lowest BCUT2D eigenvalue weighted by atomic mass is 10.1. The van der Waals surface area contributed by atoms with Crippen molar-refractivity contribution in [2.75, 3.05) is 7.05 Å². The van der Waals surface area contributed by atoms with Crippen LogP contribution in [0.25, 0.3) is 17.0 Å². The molecule has 1 heterocycles. The summed E-state index contributed by atoms with van der Waals surface area (Å²) in [5.74, 6) is 0.767. The second-order valence-electron chi connectivity index (χ2n) is 2.97. The van der Waals surface area contributed by atoms with Gasteiger partial charge < -0.3 is 4.42 Å². The van der Waals surface area contributed by atoms with Gasteiger partial charge in [-0.15, -0.1) is 0 Å². The third-order valence-corrected chi connectivity index (χ3v) is 2.11. The van der Waals surface area contributed by atoms with Crippen LogP contribution in [-0.2, 0) is 0 Å². The minimum atomic E-state index is 0.767. The van der Waals surface area contributed by atoms with Gasteiger partial charge in [0.25, 0.3) is 0 Å². The summed E-state index contributed by atoms with van der Waals surface area (Å²) in [7, 11) is 1.72. The smallest absolute Gasteiger partial charge is 0.153 e. The van der Waals surface area contributed by atoms with Crippen molar-refractivity contribution < 1.29 is 4.42 Å². The van der Waals surface area contributed by atoms with Crippen molar-refractivity contribution in [2.45, 2.75) is 0 Å². The summed E-state index contributed by atoms with van der Waals surface area (Å²) in [6.07, 6.45) is 3.50. The Morgan fingerprint density at radius 3 is 2.86 bits per heavy atom. The summed E-state index contributed by atoms with van der Waals surface area (Å²) < 4.78 is 5.61. The fraction of sp³-hybridized carbons (Fsp3) is 0.0833. The predicted molar refractivity (Wildman–Crippen MR) is 59.8 cm³/mol. The van der Waals surface area contributed by atoms with Gasteiger partial charge in [-0.25, -0.2) is 0 Å². The number of aliphatic imine (C=N–C) groups is 1. The number of rotatable bonds is 2. The molecule has 1 aromatic heterocycles. The number of benzene rings is 1. The number of nitrogens with zero attached hydrogens (tertiary/aromatic N) is 1. The molecular formula is C12H11NO. The van der Waals surface area contributed by atoms with Gasteiger partial charge in [0.05, 0.1) is 6.21 Å². The van der Waals surface area contributed by atoms with Crippen LogP contribution in [0, 0.1) is 0 Å². The maximum absolute atomic E-state index is 5.61. The van der Waals surface area contributed by atoms with E-state index in [0.717, 1.165) is 22.3 Å². The van der Waals surface area contributed by atoms with Crippen LogP contribution in [0.15, 0.2) is 40.3 Å². The molecule has 2 rings (SSSR count). The van der Waals surface area contributed by atoms with Gasteiger partial charge in [0.15, 0.2) is 5.76 Å². The third-order valence-electron chi connectivity index (χ3n) is 2.11. The lowest BCUT2D eigenvalue weighted by molar-refractivity contribution is 0.607. The van der Waals surface area contributed by atoms with Crippen molar-refractivity contribution in [3.8, 4) is 0 Å². The van der Waals surface area contributed by atoms with Crippen LogP contribution in [-0.4, -0.2) is 13.3 Å². The molecule has 0 aliphatic rings. The van der Waals surface area contributed by atoms with Crippen molar-refractivity contribution in [3.05, 3.63) is 42.2 Å². The summed E-state index contributed by atoms with van der Waals surface area (Å²) in [5, 5.41) is 1.08. The Labute approximate surface area is 82.6 Å². The van der Waals surface area contributed by atoms with Gasteiger partial charge >= 0.3 is 0 Å². The number of furan rings is 1. The van der Waals surface area contributed by atoms with E-state index in [-0.39, 0.29) is 0 Å². The van der Waals surface area contributed by atoms with Gasteiger partial charge in [-0.05, 0) is 6.07 Å². The highest BCUT2D eigenvalue weighted by Gasteiger charge is 2.08. The largest absolute Gasteiger partial charge is 0.454 e. The van der Waals surface area contributed by atoms with Gasteiger partial charge in [0, 0.05) is 18.0 Å². The Morgan fingerprint density at radius 1 is 1.36 bits per heavy atom. The minimum absolute atomic E-state index is 0.767. The molecule has 2 aromatic rings. The van der Waals surface area contributed by atoms with Crippen LogP contribution < -0.4 is 0 Å². The van der Waals surface area contributed by atoms with E-state index in [1.54, 1.807) is 19.3 Å². The highest BCUT2D eigenvalue weighted by atomic mass is 16.3. The van der Waals surface area contributed by atoms with E-state index in [4.69, 9.17) is 4.42 Å². The fourth-order valence-corrected chi connectivity index (χ4v) is 1.51. The summed E-state index contributed by atoms with van der Waals surface area (Å²) in [5.41, 5.74) is 1.88. The molecule has 0 aliphatic carbocycles. The van der Waals surface area contributed by atoms with Crippen molar-refractivity contribution in [1.82, 2.24) is 0 Å². The first-order valence-electron chi connectivity index (χ1n) is 4.43. The van der Waals surface area contributed by atoms with Crippen LogP contribution in [0.2, 0.25) is 0 Å². The third kappa shape index (κ3) is 1.25. The van der Waals surface area contributed by atoms with Gasteiger partial charge in [-0.3, -0.25) is 4.99 Å². The SMILES string of the molecule is C=Cc1c(C=NC)oc2ccccc12. The van der Waals surface area contributed by atoms with Crippen LogP contribution in [0.5, 0.6) is 0 Å². The molecule has 0 unspecified atom stereocenters. The Bertz CT molecular complexity index is 494. The molecule has 0 fully saturated rings. The number of hydrogen-bond acceptors (Lipinski definition) is 2. The van der Waals surface area contributed by atoms with E-state index in [1.807, 2.05) is 24.3 Å². The second-order valence-corrected chi connectivity index (χ2v) is 2.97. The zero-order valence-corrected chi connectivity index (χ0v) is 8.03. The van der Waals surface area contributed by atoms with E-state index in [0.29, 0.717) is 0 Å². The molecule has 70 valence electrons.